The number of hydrogen-bond acceptors (Lipinski definition) is 5. The monoisotopic (exact) mass is 616 g/mol. The van der Waals surface area contributed by atoms with Gasteiger partial charge in [-0.1, -0.05) is 41.5 Å². The normalized spacial score (nSPS) is 13.7. The maximum atomic E-state index is 12.6. The van der Waals surface area contributed by atoms with E-state index in [2.05, 4.69) is 77.7 Å². The second-order valence-corrected chi connectivity index (χ2v) is 22.1. The molecule has 2 aromatic heterocycles. The maximum Gasteiger partial charge on any atom is 0.434 e. The van der Waals surface area contributed by atoms with E-state index in [1.807, 2.05) is 0 Å². The van der Waals surface area contributed by atoms with E-state index in [-0.39, 0.29) is 29.1 Å². The molecule has 0 saturated carbocycles. The van der Waals surface area contributed by atoms with Gasteiger partial charge >= 0.3 is 12.4 Å². The van der Waals surface area contributed by atoms with Crippen molar-refractivity contribution in [2.24, 2.45) is 0 Å². The summed E-state index contributed by atoms with van der Waals surface area (Å²) in [6.45, 7) is 22.2. The Bertz CT molecular complexity index is 1100. The van der Waals surface area contributed by atoms with Gasteiger partial charge < -0.3 is 18.0 Å². The first-order valence-electron chi connectivity index (χ1n) is 12.8. The van der Waals surface area contributed by atoms with Crippen molar-refractivity contribution in [3.05, 3.63) is 35.9 Å². The Morgan fingerprint density at radius 3 is 1.60 bits per heavy atom. The van der Waals surface area contributed by atoms with Gasteiger partial charge in [-0.05, 0) is 36.3 Å². The Balaban J connectivity index is 0.000000402. The zero-order valence-electron chi connectivity index (χ0n) is 24.9. The SMILES string of the molecule is CC(C)(C)[Si](C)(C)OCCn1cc(C(F)(F)F)nc1C=O.CC(C)(C)[Si](C)(C)OCCn1cnc(C(F)(F)F)c1. The van der Waals surface area contributed by atoms with E-state index in [0.717, 1.165) is 12.4 Å². The fraction of sp³-hybridized carbons (Fsp3) is 0.720. The predicted octanol–water partition coefficient (Wildman–Crippen LogP) is 7.66. The van der Waals surface area contributed by atoms with Crippen molar-refractivity contribution in [1.82, 2.24) is 19.1 Å². The first kappa shape index (κ1) is 36.1. The van der Waals surface area contributed by atoms with Crippen LogP contribution < -0.4 is 0 Å². The summed E-state index contributed by atoms with van der Waals surface area (Å²) in [5.41, 5.74) is -1.92. The summed E-state index contributed by atoms with van der Waals surface area (Å²) >= 11 is 0. The van der Waals surface area contributed by atoms with Gasteiger partial charge in [-0.25, -0.2) is 9.97 Å². The van der Waals surface area contributed by atoms with Gasteiger partial charge in [0, 0.05) is 25.5 Å². The Kier molecular flexibility index (Phi) is 11.6. The molecule has 0 radical (unpaired) electrons. The summed E-state index contributed by atoms with van der Waals surface area (Å²) < 4.78 is 89.2. The summed E-state index contributed by atoms with van der Waals surface area (Å²) in [4.78, 5) is 17.4. The van der Waals surface area contributed by atoms with Crippen molar-refractivity contribution in [1.29, 1.82) is 0 Å². The lowest BCUT2D eigenvalue weighted by atomic mass is 10.2. The number of imidazole rings is 2. The second-order valence-electron chi connectivity index (χ2n) is 12.5. The number of carbonyl (C=O) groups is 1. The van der Waals surface area contributed by atoms with Gasteiger partial charge in [0.25, 0.3) is 0 Å². The number of carbonyl (C=O) groups excluding carboxylic acids is 1. The van der Waals surface area contributed by atoms with Crippen LogP contribution in [-0.4, -0.2) is 55.2 Å². The number of alkyl halides is 6. The average Bonchev–Trinajstić information content (AvgIpc) is 3.39. The molecule has 15 heteroatoms. The van der Waals surface area contributed by atoms with E-state index < -0.39 is 40.4 Å². The lowest BCUT2D eigenvalue weighted by Crippen LogP contribution is -2.41. The van der Waals surface area contributed by atoms with Crippen molar-refractivity contribution in [3.8, 4) is 0 Å². The molecule has 7 nitrogen and oxygen atoms in total. The molecular weight excluding hydrogens is 574 g/mol. The highest BCUT2D eigenvalue weighted by Gasteiger charge is 2.38. The van der Waals surface area contributed by atoms with E-state index in [4.69, 9.17) is 8.85 Å². The quantitative estimate of drug-likeness (QED) is 0.164. The van der Waals surface area contributed by atoms with E-state index in [9.17, 15) is 31.1 Å². The molecule has 0 aliphatic heterocycles. The summed E-state index contributed by atoms with van der Waals surface area (Å²) in [5.74, 6) is -0.235. The van der Waals surface area contributed by atoms with E-state index in [0.29, 0.717) is 19.4 Å². The number of aldehydes is 1. The minimum absolute atomic E-state index is 0.0204. The summed E-state index contributed by atoms with van der Waals surface area (Å²) in [5, 5.41) is 0.117. The minimum atomic E-state index is -4.55. The molecule has 40 heavy (non-hydrogen) atoms. The number of aromatic nitrogens is 4. The first-order valence-corrected chi connectivity index (χ1v) is 18.6. The van der Waals surface area contributed by atoms with Gasteiger partial charge in [0.05, 0.1) is 19.5 Å². The molecule has 0 unspecified atom stereocenters. The van der Waals surface area contributed by atoms with Crippen LogP contribution in [0.2, 0.25) is 36.3 Å². The van der Waals surface area contributed by atoms with Gasteiger partial charge in [-0.2, -0.15) is 26.3 Å². The summed E-state index contributed by atoms with van der Waals surface area (Å²) in [6, 6.07) is 0. The molecule has 0 fully saturated rings. The molecule has 0 aromatic carbocycles. The van der Waals surface area contributed by atoms with Crippen LogP contribution in [0.15, 0.2) is 18.7 Å². The second kappa shape index (κ2) is 12.9. The molecule has 0 amide bonds. The van der Waals surface area contributed by atoms with Crippen molar-refractivity contribution < 1.29 is 40.0 Å². The number of halogens is 6. The van der Waals surface area contributed by atoms with Crippen LogP contribution in [0, 0.1) is 0 Å². The molecule has 0 aliphatic rings. The number of rotatable bonds is 9. The topological polar surface area (TPSA) is 71.2 Å². The fourth-order valence-electron chi connectivity index (χ4n) is 2.71. The van der Waals surface area contributed by atoms with E-state index in [1.54, 1.807) is 0 Å². The van der Waals surface area contributed by atoms with Gasteiger partial charge in [0.1, 0.15) is 0 Å². The van der Waals surface area contributed by atoms with Crippen molar-refractivity contribution in [3.63, 3.8) is 0 Å². The zero-order valence-corrected chi connectivity index (χ0v) is 26.9. The smallest absolute Gasteiger partial charge is 0.415 e. The Morgan fingerprint density at radius 2 is 1.23 bits per heavy atom. The molecule has 0 N–H and O–H groups in total. The lowest BCUT2D eigenvalue weighted by Gasteiger charge is -2.36. The van der Waals surface area contributed by atoms with Crippen LogP contribution >= 0.6 is 0 Å². The molecule has 0 spiro atoms. The molecule has 2 aromatic rings. The average molecular weight is 617 g/mol. The largest absolute Gasteiger partial charge is 0.434 e. The molecule has 230 valence electrons. The summed E-state index contributed by atoms with van der Waals surface area (Å²) in [7, 11) is -3.81. The lowest BCUT2D eigenvalue weighted by molar-refractivity contribution is -0.141. The van der Waals surface area contributed by atoms with Crippen LogP contribution in [0.3, 0.4) is 0 Å². The molecule has 2 heterocycles. The van der Waals surface area contributed by atoms with E-state index >= 15 is 0 Å². The highest BCUT2D eigenvalue weighted by molar-refractivity contribution is 6.74. The van der Waals surface area contributed by atoms with Crippen molar-refractivity contribution >= 4 is 22.9 Å². The molecule has 0 aliphatic carbocycles. The number of nitrogens with zero attached hydrogens (tertiary/aromatic N) is 4. The molecular formula is C25H42F6N4O3Si2. The van der Waals surface area contributed by atoms with Crippen LogP contribution in [-0.2, 0) is 34.3 Å². The molecule has 0 atom stereocenters. The first-order chi connectivity index (χ1) is 17.8. The Morgan fingerprint density at radius 1 is 0.775 bits per heavy atom. The van der Waals surface area contributed by atoms with Gasteiger partial charge in [0.15, 0.2) is 40.1 Å². The zero-order chi connectivity index (χ0) is 31.4. The standard InChI is InChI=1S/C13H21F3N2O2Si.C12H21F3N2OSi/c1-12(2,3)21(4,5)20-7-6-18-8-10(13(14,15)16)17-11(18)9-19;1-11(2,3)19(4,5)18-7-6-17-8-10(16-9-17)12(13,14)15/h8-9H,6-7H2,1-5H3;8-9H,6-7H2,1-5H3. The fourth-order valence-corrected chi connectivity index (χ4v) is 4.78. The van der Waals surface area contributed by atoms with Gasteiger partial charge in [0.2, 0.25) is 0 Å². The van der Waals surface area contributed by atoms with E-state index in [1.165, 1.54) is 15.5 Å². The van der Waals surface area contributed by atoms with Crippen LogP contribution in [0.5, 0.6) is 0 Å². The number of hydrogen-bond donors (Lipinski definition) is 0. The van der Waals surface area contributed by atoms with Crippen molar-refractivity contribution in [2.75, 3.05) is 13.2 Å². The molecule has 2 rings (SSSR count). The Hall–Kier alpha value is -1.98. The third kappa shape index (κ3) is 10.5. The predicted molar refractivity (Wildman–Crippen MR) is 146 cm³/mol. The van der Waals surface area contributed by atoms with Crippen LogP contribution in [0.25, 0.3) is 0 Å². The van der Waals surface area contributed by atoms with Gasteiger partial charge in [-0.15, -0.1) is 0 Å². The summed E-state index contributed by atoms with van der Waals surface area (Å²) in [6.07, 6.45) is -5.57. The van der Waals surface area contributed by atoms with Gasteiger partial charge in [-0.3, -0.25) is 4.79 Å². The minimum Gasteiger partial charge on any atom is -0.415 e. The van der Waals surface area contributed by atoms with Crippen LogP contribution in [0.4, 0.5) is 26.3 Å². The Labute approximate surface area is 234 Å². The maximum absolute atomic E-state index is 12.6. The van der Waals surface area contributed by atoms with Crippen LogP contribution in [0.1, 0.15) is 63.5 Å². The highest BCUT2D eigenvalue weighted by Crippen LogP contribution is 2.37. The van der Waals surface area contributed by atoms with Crippen molar-refractivity contribution in [2.45, 2.75) is 103 Å². The highest BCUT2D eigenvalue weighted by atomic mass is 28.4. The molecule has 0 saturated heterocycles. The third-order valence-corrected chi connectivity index (χ3v) is 16.4. The molecule has 0 bridgehead atoms. The third-order valence-electron chi connectivity index (χ3n) is 7.35.